The van der Waals surface area contributed by atoms with Gasteiger partial charge in [-0.1, -0.05) is 0 Å². The van der Waals surface area contributed by atoms with Gasteiger partial charge in [-0.2, -0.15) is 11.3 Å². The van der Waals surface area contributed by atoms with Crippen molar-refractivity contribution in [2.75, 3.05) is 20.7 Å². The van der Waals surface area contributed by atoms with Crippen LogP contribution in [0.1, 0.15) is 5.69 Å². The highest BCUT2D eigenvalue weighted by Crippen LogP contribution is 2.25. The largest absolute Gasteiger partial charge is 0.468 e. The fourth-order valence-electron chi connectivity index (χ4n) is 1.54. The molecule has 0 saturated carbocycles. The Hall–Kier alpha value is -1.73. The monoisotopic (exact) mass is 310 g/mol. The van der Waals surface area contributed by atoms with Crippen LogP contribution < -0.4 is 0 Å². The zero-order valence-corrected chi connectivity index (χ0v) is 12.8. The first kappa shape index (κ1) is 14.7. The predicted molar refractivity (Wildman–Crippen MR) is 78.8 cm³/mol. The van der Waals surface area contributed by atoms with Crippen molar-refractivity contribution in [2.45, 2.75) is 6.42 Å². The molecule has 2 heterocycles. The fourth-order valence-corrected chi connectivity index (χ4v) is 3.08. The standard InChI is InChI=1S/C13H14N2O3S2/c1-15(6-12(17)18-2)11(16)5-10-8-20-13(14-10)9-3-4-19-7-9/h3-4,7-8H,5-6H2,1-2H3. The third kappa shape index (κ3) is 3.64. The van der Waals surface area contributed by atoms with Crippen LogP contribution in [0.5, 0.6) is 0 Å². The molecule has 2 aromatic heterocycles. The van der Waals surface area contributed by atoms with Crippen molar-refractivity contribution < 1.29 is 14.3 Å². The van der Waals surface area contributed by atoms with Crippen LogP contribution in [-0.4, -0.2) is 42.5 Å². The summed E-state index contributed by atoms with van der Waals surface area (Å²) < 4.78 is 4.53. The number of carbonyl (C=O) groups is 2. The summed E-state index contributed by atoms with van der Waals surface area (Å²) in [4.78, 5) is 28.8. The summed E-state index contributed by atoms with van der Waals surface area (Å²) in [7, 11) is 2.87. The van der Waals surface area contributed by atoms with E-state index >= 15 is 0 Å². The molecular formula is C13H14N2O3S2. The van der Waals surface area contributed by atoms with Gasteiger partial charge in [-0.3, -0.25) is 9.59 Å². The average molecular weight is 310 g/mol. The molecule has 7 heteroatoms. The molecule has 0 N–H and O–H groups in total. The highest BCUT2D eigenvalue weighted by atomic mass is 32.1. The molecule has 0 unspecified atom stereocenters. The lowest BCUT2D eigenvalue weighted by Crippen LogP contribution is -2.33. The maximum absolute atomic E-state index is 11.9. The molecule has 106 valence electrons. The SMILES string of the molecule is COC(=O)CN(C)C(=O)Cc1csc(-c2ccsc2)n1. The highest BCUT2D eigenvalue weighted by Gasteiger charge is 2.15. The van der Waals surface area contributed by atoms with Crippen LogP contribution >= 0.6 is 22.7 Å². The van der Waals surface area contributed by atoms with Gasteiger partial charge >= 0.3 is 5.97 Å². The molecule has 0 atom stereocenters. The third-order valence-electron chi connectivity index (χ3n) is 2.67. The molecule has 0 aromatic carbocycles. The number of nitrogens with zero attached hydrogens (tertiary/aromatic N) is 2. The van der Waals surface area contributed by atoms with E-state index in [0.717, 1.165) is 16.3 Å². The predicted octanol–water partition coefficient (Wildman–Crippen LogP) is 2.05. The summed E-state index contributed by atoms with van der Waals surface area (Å²) in [6.07, 6.45) is 0.189. The summed E-state index contributed by atoms with van der Waals surface area (Å²) in [5.41, 5.74) is 1.79. The van der Waals surface area contributed by atoms with Crippen molar-refractivity contribution in [3.8, 4) is 10.6 Å². The van der Waals surface area contributed by atoms with E-state index in [2.05, 4.69) is 9.72 Å². The highest BCUT2D eigenvalue weighted by molar-refractivity contribution is 7.14. The summed E-state index contributed by atoms with van der Waals surface area (Å²) in [5, 5.41) is 6.79. The molecule has 0 saturated heterocycles. The van der Waals surface area contributed by atoms with Crippen LogP contribution in [0.4, 0.5) is 0 Å². The minimum atomic E-state index is -0.432. The Morgan fingerprint density at radius 1 is 1.40 bits per heavy atom. The number of hydrogen-bond donors (Lipinski definition) is 0. The number of likely N-dealkylation sites (N-methyl/N-ethyl adjacent to an activating group) is 1. The topological polar surface area (TPSA) is 59.5 Å². The molecule has 0 aliphatic heterocycles. The van der Waals surface area contributed by atoms with Gasteiger partial charge in [0.15, 0.2) is 0 Å². The Morgan fingerprint density at radius 3 is 2.85 bits per heavy atom. The van der Waals surface area contributed by atoms with Gasteiger partial charge < -0.3 is 9.64 Å². The second kappa shape index (κ2) is 6.62. The van der Waals surface area contributed by atoms with Gasteiger partial charge in [0.05, 0.1) is 19.2 Å². The van der Waals surface area contributed by atoms with Gasteiger partial charge in [0, 0.05) is 23.4 Å². The lowest BCUT2D eigenvalue weighted by atomic mass is 10.3. The summed E-state index contributed by atoms with van der Waals surface area (Å²) in [6.45, 7) is -0.0448. The summed E-state index contributed by atoms with van der Waals surface area (Å²) >= 11 is 3.12. The molecule has 1 amide bonds. The van der Waals surface area contributed by atoms with Crippen LogP contribution in [0, 0.1) is 0 Å². The normalized spacial score (nSPS) is 10.3. The third-order valence-corrected chi connectivity index (χ3v) is 4.30. The first-order chi connectivity index (χ1) is 9.60. The lowest BCUT2D eigenvalue weighted by Gasteiger charge is -2.14. The molecule has 0 radical (unpaired) electrons. The number of esters is 1. The average Bonchev–Trinajstić information content (AvgIpc) is 3.08. The molecule has 0 aliphatic rings. The number of methoxy groups -OCH3 is 1. The smallest absolute Gasteiger partial charge is 0.325 e. The van der Waals surface area contributed by atoms with Gasteiger partial charge in [-0.05, 0) is 11.4 Å². The van der Waals surface area contributed by atoms with E-state index in [1.807, 2.05) is 22.2 Å². The van der Waals surface area contributed by atoms with E-state index in [4.69, 9.17) is 0 Å². The molecule has 5 nitrogen and oxygen atoms in total. The van der Waals surface area contributed by atoms with Crippen molar-refractivity contribution in [1.82, 2.24) is 9.88 Å². The molecule has 0 bridgehead atoms. The van der Waals surface area contributed by atoms with Crippen LogP contribution in [0.25, 0.3) is 10.6 Å². The number of thiazole rings is 1. The Balaban J connectivity index is 1.96. The van der Waals surface area contributed by atoms with E-state index in [-0.39, 0.29) is 18.9 Å². The quantitative estimate of drug-likeness (QED) is 0.793. The molecular weight excluding hydrogens is 296 g/mol. The lowest BCUT2D eigenvalue weighted by molar-refractivity contribution is -0.145. The van der Waals surface area contributed by atoms with Gasteiger partial charge in [0.2, 0.25) is 5.91 Å². The number of amides is 1. The maximum Gasteiger partial charge on any atom is 0.325 e. The van der Waals surface area contributed by atoms with Crippen molar-refractivity contribution >= 4 is 34.6 Å². The minimum Gasteiger partial charge on any atom is -0.468 e. The van der Waals surface area contributed by atoms with Crippen LogP contribution in [0.15, 0.2) is 22.2 Å². The second-order valence-corrected chi connectivity index (χ2v) is 5.80. The number of carbonyl (C=O) groups excluding carboxylic acids is 2. The number of ether oxygens (including phenoxy) is 1. The van der Waals surface area contributed by atoms with Gasteiger partial charge in [0.25, 0.3) is 0 Å². The van der Waals surface area contributed by atoms with Crippen LogP contribution in [0.3, 0.4) is 0 Å². The molecule has 2 rings (SSSR count). The van der Waals surface area contributed by atoms with Gasteiger partial charge in [-0.25, -0.2) is 4.98 Å². The number of aromatic nitrogens is 1. The number of rotatable bonds is 5. The first-order valence-electron chi connectivity index (χ1n) is 5.88. The maximum atomic E-state index is 11.9. The van der Waals surface area contributed by atoms with Gasteiger partial charge in [0.1, 0.15) is 11.6 Å². The Kier molecular flexibility index (Phi) is 4.86. The molecule has 20 heavy (non-hydrogen) atoms. The van der Waals surface area contributed by atoms with E-state index in [9.17, 15) is 9.59 Å². The van der Waals surface area contributed by atoms with Crippen molar-refractivity contribution in [3.63, 3.8) is 0 Å². The van der Waals surface area contributed by atoms with Crippen molar-refractivity contribution in [1.29, 1.82) is 0 Å². The zero-order valence-electron chi connectivity index (χ0n) is 11.2. The molecule has 0 aliphatic carbocycles. The Bertz CT molecular complexity index is 593. The Labute approximate surface area is 124 Å². The van der Waals surface area contributed by atoms with E-state index < -0.39 is 5.97 Å². The minimum absolute atomic E-state index is 0.0448. The molecule has 2 aromatic rings. The molecule has 0 fully saturated rings. The molecule has 0 spiro atoms. The Morgan fingerprint density at radius 2 is 2.20 bits per heavy atom. The van der Waals surface area contributed by atoms with E-state index in [1.54, 1.807) is 18.4 Å². The first-order valence-corrected chi connectivity index (χ1v) is 7.70. The van der Waals surface area contributed by atoms with Crippen LogP contribution in [0.2, 0.25) is 0 Å². The number of hydrogen-bond acceptors (Lipinski definition) is 6. The summed E-state index contributed by atoms with van der Waals surface area (Å²) in [5.74, 6) is -0.587. The zero-order chi connectivity index (χ0) is 14.5. The van der Waals surface area contributed by atoms with E-state index in [0.29, 0.717) is 0 Å². The van der Waals surface area contributed by atoms with Crippen molar-refractivity contribution in [2.24, 2.45) is 0 Å². The van der Waals surface area contributed by atoms with E-state index in [1.165, 1.54) is 23.3 Å². The van der Waals surface area contributed by atoms with Gasteiger partial charge in [-0.15, -0.1) is 11.3 Å². The number of thiophene rings is 1. The van der Waals surface area contributed by atoms with Crippen molar-refractivity contribution in [3.05, 3.63) is 27.9 Å². The second-order valence-electron chi connectivity index (χ2n) is 4.16. The van der Waals surface area contributed by atoms with Crippen LogP contribution in [-0.2, 0) is 20.7 Å². The summed E-state index contributed by atoms with van der Waals surface area (Å²) in [6, 6.07) is 2.00. The fraction of sp³-hybridized carbons (Fsp3) is 0.308.